The molecule has 0 bridgehead atoms. The number of benzene rings is 2. The van der Waals surface area contributed by atoms with Crippen molar-refractivity contribution in [3.05, 3.63) is 78.2 Å². The number of hydrogen-bond acceptors (Lipinski definition) is 3. The molecule has 0 atom stereocenters. The van der Waals surface area contributed by atoms with Crippen molar-refractivity contribution in [3.8, 4) is 11.3 Å². The number of rotatable bonds is 3. The molecule has 1 aromatic heterocycles. The van der Waals surface area contributed by atoms with Crippen molar-refractivity contribution in [2.24, 2.45) is 0 Å². The second-order valence-electron chi connectivity index (χ2n) is 6.52. The van der Waals surface area contributed by atoms with Crippen LogP contribution in [0.15, 0.2) is 72.6 Å². The standard InChI is InChI=1S/C18H17N.C5H8O2.Pr/c1-13(2)15-8-5-6-10-17(15)18-16-9-4-3-7-14(16)11-12-19-18;1-4(6)3-5(2)7;/h3-13H,1-2H3;3,6H,1-2H3;/b;4-3-;. The number of pyridine rings is 1. The van der Waals surface area contributed by atoms with Crippen molar-refractivity contribution in [2.45, 2.75) is 33.6 Å². The van der Waals surface area contributed by atoms with Crippen LogP contribution in [0.3, 0.4) is 0 Å². The van der Waals surface area contributed by atoms with E-state index in [1.54, 1.807) is 0 Å². The molecule has 1 heterocycles. The molecule has 0 amide bonds. The van der Waals surface area contributed by atoms with Gasteiger partial charge in [0.1, 0.15) is 0 Å². The number of carbonyl (C=O) groups is 1. The molecule has 3 rings (SSSR count). The maximum Gasteiger partial charge on any atom is 0.155 e. The van der Waals surface area contributed by atoms with Gasteiger partial charge in [0.05, 0.1) is 11.5 Å². The summed E-state index contributed by atoms with van der Waals surface area (Å²) in [5, 5.41) is 10.8. The predicted octanol–water partition coefficient (Wildman–Crippen LogP) is 6.06. The quantitative estimate of drug-likeness (QED) is 0.360. The molecule has 27 heavy (non-hydrogen) atoms. The van der Waals surface area contributed by atoms with Gasteiger partial charge in [0, 0.05) is 64.5 Å². The first-order valence-corrected chi connectivity index (χ1v) is 8.71. The van der Waals surface area contributed by atoms with E-state index in [4.69, 9.17) is 5.11 Å². The zero-order chi connectivity index (χ0) is 19.1. The molecular weight excluding hydrogens is 463 g/mol. The van der Waals surface area contributed by atoms with E-state index < -0.39 is 0 Å². The van der Waals surface area contributed by atoms with Crippen molar-refractivity contribution in [3.63, 3.8) is 0 Å². The largest absolute Gasteiger partial charge is 0.512 e. The van der Waals surface area contributed by atoms with Crippen LogP contribution in [0.25, 0.3) is 22.0 Å². The molecular formula is C23H25NO2Pr. The normalized spacial score (nSPS) is 10.8. The fourth-order valence-electron chi connectivity index (χ4n) is 2.84. The van der Waals surface area contributed by atoms with Crippen LogP contribution in [0.5, 0.6) is 0 Å². The summed E-state index contributed by atoms with van der Waals surface area (Å²) in [5.74, 6) is 0.435. The number of aliphatic hydroxyl groups is 1. The summed E-state index contributed by atoms with van der Waals surface area (Å²) in [4.78, 5) is 14.6. The molecule has 0 aliphatic heterocycles. The van der Waals surface area contributed by atoms with E-state index in [1.165, 1.54) is 41.8 Å². The Bertz CT molecular complexity index is 923. The van der Waals surface area contributed by atoms with Crippen molar-refractivity contribution < 1.29 is 51.2 Å². The molecule has 1 radical (unpaired) electrons. The summed E-state index contributed by atoms with van der Waals surface area (Å²) < 4.78 is 0. The van der Waals surface area contributed by atoms with Gasteiger partial charge in [0.15, 0.2) is 5.78 Å². The summed E-state index contributed by atoms with van der Waals surface area (Å²) in [6.45, 7) is 7.30. The molecule has 0 aliphatic carbocycles. The summed E-state index contributed by atoms with van der Waals surface area (Å²) in [5.41, 5.74) is 3.68. The molecule has 0 saturated carbocycles. The van der Waals surface area contributed by atoms with Gasteiger partial charge in [0.25, 0.3) is 0 Å². The first-order valence-electron chi connectivity index (χ1n) is 8.71. The molecule has 1 N–H and O–H groups in total. The van der Waals surface area contributed by atoms with Gasteiger partial charge >= 0.3 is 0 Å². The molecule has 0 fully saturated rings. The molecule has 3 aromatic rings. The van der Waals surface area contributed by atoms with E-state index in [2.05, 4.69) is 73.4 Å². The topological polar surface area (TPSA) is 50.2 Å². The number of nitrogens with zero attached hydrogens (tertiary/aromatic N) is 1. The monoisotopic (exact) mass is 488 g/mol. The first-order chi connectivity index (χ1) is 12.4. The number of aromatic nitrogens is 1. The third-order valence-corrected chi connectivity index (χ3v) is 3.92. The van der Waals surface area contributed by atoms with E-state index >= 15 is 0 Å². The van der Waals surface area contributed by atoms with Crippen molar-refractivity contribution in [1.82, 2.24) is 4.98 Å². The Hall–Kier alpha value is -1.58. The van der Waals surface area contributed by atoms with Gasteiger partial charge in [-0.15, -0.1) is 0 Å². The fraction of sp³-hybridized carbons (Fsp3) is 0.217. The Labute approximate surface area is 194 Å². The summed E-state index contributed by atoms with van der Waals surface area (Å²) in [6.07, 6.45) is 3.06. The minimum atomic E-state index is -0.125. The van der Waals surface area contributed by atoms with Gasteiger partial charge in [-0.3, -0.25) is 9.78 Å². The number of hydrogen-bond donors (Lipinski definition) is 1. The third-order valence-electron chi connectivity index (χ3n) is 3.92. The molecule has 0 spiro atoms. The summed E-state index contributed by atoms with van der Waals surface area (Å²) in [7, 11) is 0. The Morgan fingerprint density at radius 1 is 1.00 bits per heavy atom. The number of ketones is 1. The van der Waals surface area contributed by atoms with Gasteiger partial charge in [-0.2, -0.15) is 0 Å². The van der Waals surface area contributed by atoms with Crippen molar-refractivity contribution in [2.75, 3.05) is 0 Å². The molecule has 2 aromatic carbocycles. The molecule has 4 heteroatoms. The second kappa shape index (κ2) is 11.3. The van der Waals surface area contributed by atoms with Gasteiger partial charge in [0.2, 0.25) is 0 Å². The van der Waals surface area contributed by atoms with Gasteiger partial charge in [-0.25, -0.2) is 0 Å². The average Bonchev–Trinajstić information content (AvgIpc) is 2.60. The Balaban J connectivity index is 0.000000395. The molecule has 0 aliphatic rings. The van der Waals surface area contributed by atoms with Crippen LogP contribution in [0, 0.1) is 41.3 Å². The van der Waals surface area contributed by atoms with E-state index in [1.807, 2.05) is 6.20 Å². The van der Waals surface area contributed by atoms with Crippen LogP contribution in [0.4, 0.5) is 0 Å². The third kappa shape index (κ3) is 6.82. The van der Waals surface area contributed by atoms with E-state index in [0.717, 1.165) is 5.69 Å². The Morgan fingerprint density at radius 2 is 1.63 bits per heavy atom. The summed E-state index contributed by atoms with van der Waals surface area (Å²) >= 11 is 0. The fourth-order valence-corrected chi connectivity index (χ4v) is 2.84. The van der Waals surface area contributed by atoms with Crippen molar-refractivity contribution in [1.29, 1.82) is 0 Å². The zero-order valence-electron chi connectivity index (χ0n) is 16.3. The van der Waals surface area contributed by atoms with Gasteiger partial charge in [-0.05, 0) is 36.8 Å². The Kier molecular flexibility index (Phi) is 9.83. The first kappa shape index (κ1) is 23.5. The van der Waals surface area contributed by atoms with Crippen molar-refractivity contribution >= 4 is 16.6 Å². The smallest absolute Gasteiger partial charge is 0.155 e. The zero-order valence-corrected chi connectivity index (χ0v) is 20.0. The summed E-state index contributed by atoms with van der Waals surface area (Å²) in [6, 6.07) is 19.1. The predicted molar refractivity (Wildman–Crippen MR) is 108 cm³/mol. The molecule has 0 saturated heterocycles. The minimum Gasteiger partial charge on any atom is -0.512 e. The van der Waals surface area contributed by atoms with Crippen LogP contribution in [-0.2, 0) is 4.79 Å². The van der Waals surface area contributed by atoms with E-state index in [-0.39, 0.29) is 52.8 Å². The van der Waals surface area contributed by atoms with Crippen LogP contribution in [0.1, 0.15) is 39.2 Å². The van der Waals surface area contributed by atoms with Crippen LogP contribution < -0.4 is 0 Å². The minimum absolute atomic E-state index is 0. The van der Waals surface area contributed by atoms with E-state index in [0.29, 0.717) is 5.92 Å². The number of allylic oxidation sites excluding steroid dienone is 2. The maximum atomic E-state index is 10.0. The average molecular weight is 488 g/mol. The van der Waals surface area contributed by atoms with Gasteiger partial charge in [-0.1, -0.05) is 62.4 Å². The van der Waals surface area contributed by atoms with E-state index in [9.17, 15) is 4.79 Å². The van der Waals surface area contributed by atoms with Crippen LogP contribution in [0.2, 0.25) is 0 Å². The second-order valence-corrected chi connectivity index (χ2v) is 6.52. The Morgan fingerprint density at radius 3 is 2.22 bits per heavy atom. The number of fused-ring (bicyclic) bond motifs is 1. The SMILES string of the molecule is CC(=O)/C=C(/C)O.CC(C)c1ccccc1-c1nccc2ccccc12.[Pr]. The van der Waals surface area contributed by atoms with Crippen LogP contribution in [-0.4, -0.2) is 15.9 Å². The molecule has 137 valence electrons. The molecule has 0 unspecified atom stereocenters. The van der Waals surface area contributed by atoms with Crippen LogP contribution >= 0.6 is 0 Å². The molecule has 3 nitrogen and oxygen atoms in total. The van der Waals surface area contributed by atoms with Gasteiger partial charge < -0.3 is 5.11 Å². The number of aliphatic hydroxyl groups excluding tert-OH is 1. The maximum absolute atomic E-state index is 10.0. The number of carbonyl (C=O) groups excluding carboxylic acids is 1.